The molecular weight excluding hydrogens is 388 g/mol. The van der Waals surface area contributed by atoms with Crippen molar-refractivity contribution in [3.05, 3.63) is 65.7 Å². The fraction of sp³-hybridized carbons (Fsp3) is 0.440. The van der Waals surface area contributed by atoms with Gasteiger partial charge in [0.05, 0.1) is 6.67 Å². The summed E-state index contributed by atoms with van der Waals surface area (Å²) < 4.78 is 0. The molecule has 0 spiro atoms. The first kappa shape index (κ1) is 21.4. The third-order valence-corrected chi connectivity index (χ3v) is 6.48. The van der Waals surface area contributed by atoms with Crippen LogP contribution in [0.2, 0.25) is 0 Å². The number of anilines is 1. The molecule has 0 aromatic heterocycles. The molecule has 3 amide bonds. The summed E-state index contributed by atoms with van der Waals surface area (Å²) in [5.41, 5.74) is 2.34. The maximum Gasteiger partial charge on any atom is 0.326 e. The SMILES string of the molecule is CC[C@@]1(c2ccccc2)NC(=O)N(CN(C)Cc2ccccc2N2CCCCC2)C1=O. The lowest BCUT2D eigenvalue weighted by atomic mass is 9.87. The number of nitrogens with one attached hydrogen (secondary N) is 1. The van der Waals surface area contributed by atoms with E-state index in [0.29, 0.717) is 13.0 Å². The van der Waals surface area contributed by atoms with E-state index in [1.165, 1.54) is 35.4 Å². The number of piperidine rings is 1. The van der Waals surface area contributed by atoms with E-state index in [0.717, 1.165) is 18.7 Å². The average Bonchev–Trinajstić information content (AvgIpc) is 3.05. The van der Waals surface area contributed by atoms with Gasteiger partial charge in [0.25, 0.3) is 5.91 Å². The van der Waals surface area contributed by atoms with Crippen molar-refractivity contribution in [2.75, 3.05) is 31.7 Å². The Morgan fingerprint density at radius 2 is 1.65 bits per heavy atom. The van der Waals surface area contributed by atoms with Gasteiger partial charge in [-0.3, -0.25) is 9.69 Å². The van der Waals surface area contributed by atoms with Crippen LogP contribution in [-0.4, -0.2) is 48.5 Å². The zero-order valence-corrected chi connectivity index (χ0v) is 18.5. The highest BCUT2D eigenvalue weighted by Crippen LogP contribution is 2.32. The lowest BCUT2D eigenvalue weighted by Gasteiger charge is -2.32. The Bertz CT molecular complexity index is 926. The largest absolute Gasteiger partial charge is 0.371 e. The van der Waals surface area contributed by atoms with Crippen LogP contribution in [-0.2, 0) is 16.9 Å². The summed E-state index contributed by atoms with van der Waals surface area (Å²) in [7, 11) is 1.96. The first-order chi connectivity index (χ1) is 15.0. The molecule has 31 heavy (non-hydrogen) atoms. The summed E-state index contributed by atoms with van der Waals surface area (Å²) in [6.07, 6.45) is 4.27. The fourth-order valence-corrected chi connectivity index (χ4v) is 4.79. The van der Waals surface area contributed by atoms with Crippen LogP contribution in [0.25, 0.3) is 0 Å². The number of imide groups is 1. The summed E-state index contributed by atoms with van der Waals surface area (Å²) >= 11 is 0. The Labute approximate surface area is 184 Å². The quantitative estimate of drug-likeness (QED) is 0.690. The number of rotatable bonds is 7. The number of urea groups is 1. The van der Waals surface area contributed by atoms with Crippen LogP contribution in [0.15, 0.2) is 54.6 Å². The number of para-hydroxylation sites is 1. The summed E-state index contributed by atoms with van der Waals surface area (Å²) in [6.45, 7) is 5.04. The average molecular weight is 421 g/mol. The van der Waals surface area contributed by atoms with Crippen LogP contribution in [0.1, 0.15) is 43.7 Å². The van der Waals surface area contributed by atoms with Crippen LogP contribution >= 0.6 is 0 Å². The van der Waals surface area contributed by atoms with Crippen molar-refractivity contribution in [1.82, 2.24) is 15.1 Å². The summed E-state index contributed by atoms with van der Waals surface area (Å²) in [5.74, 6) is -0.178. The van der Waals surface area contributed by atoms with Crippen molar-refractivity contribution in [3.8, 4) is 0 Å². The number of amides is 3. The normalized spacial score (nSPS) is 21.6. The monoisotopic (exact) mass is 420 g/mol. The van der Waals surface area contributed by atoms with Gasteiger partial charge >= 0.3 is 6.03 Å². The van der Waals surface area contributed by atoms with E-state index in [1.807, 2.05) is 49.2 Å². The molecule has 2 saturated heterocycles. The Kier molecular flexibility index (Phi) is 6.28. The summed E-state index contributed by atoms with van der Waals surface area (Å²) in [5, 5.41) is 2.97. The Balaban J connectivity index is 1.49. The van der Waals surface area contributed by atoms with E-state index >= 15 is 0 Å². The molecule has 1 N–H and O–H groups in total. The van der Waals surface area contributed by atoms with Crippen molar-refractivity contribution in [1.29, 1.82) is 0 Å². The molecule has 4 rings (SSSR count). The van der Waals surface area contributed by atoms with Crippen LogP contribution < -0.4 is 10.2 Å². The van der Waals surface area contributed by atoms with Gasteiger partial charge < -0.3 is 10.2 Å². The highest BCUT2D eigenvalue weighted by Gasteiger charge is 2.51. The molecule has 0 radical (unpaired) electrons. The van der Waals surface area contributed by atoms with Crippen molar-refractivity contribution in [2.45, 2.75) is 44.7 Å². The van der Waals surface area contributed by atoms with Gasteiger partial charge in [0.2, 0.25) is 0 Å². The summed E-state index contributed by atoms with van der Waals surface area (Å²) in [4.78, 5) is 32.0. The van der Waals surface area contributed by atoms with E-state index in [1.54, 1.807) is 0 Å². The third kappa shape index (κ3) is 4.17. The summed E-state index contributed by atoms with van der Waals surface area (Å²) in [6, 6.07) is 17.7. The second-order valence-electron chi connectivity index (χ2n) is 8.62. The lowest BCUT2D eigenvalue weighted by molar-refractivity contribution is -0.133. The molecule has 0 unspecified atom stereocenters. The standard InChI is InChI=1S/C25H32N4O2/c1-3-25(21-13-6-4-7-14-21)23(30)29(24(31)26-25)19-27(2)18-20-12-8-9-15-22(20)28-16-10-5-11-17-28/h4,6-9,12-15H,3,5,10-11,16-19H2,1-2H3,(H,26,31)/t25-/m0/s1. The molecule has 6 heteroatoms. The Morgan fingerprint density at radius 1 is 0.968 bits per heavy atom. The molecule has 2 aromatic carbocycles. The number of hydrogen-bond donors (Lipinski definition) is 1. The van der Waals surface area contributed by atoms with Gasteiger partial charge in [-0.05, 0) is 49.9 Å². The van der Waals surface area contributed by atoms with Gasteiger partial charge in [0, 0.05) is 25.3 Å². The molecule has 2 aliphatic heterocycles. The smallest absolute Gasteiger partial charge is 0.326 e. The van der Waals surface area contributed by atoms with Gasteiger partial charge in [0.1, 0.15) is 5.54 Å². The van der Waals surface area contributed by atoms with E-state index < -0.39 is 5.54 Å². The zero-order chi connectivity index (χ0) is 21.8. The first-order valence-electron chi connectivity index (χ1n) is 11.3. The molecular formula is C25H32N4O2. The minimum atomic E-state index is -0.981. The molecule has 164 valence electrons. The predicted molar refractivity (Wildman–Crippen MR) is 123 cm³/mol. The molecule has 2 aromatic rings. The van der Waals surface area contributed by atoms with Crippen LogP contribution in [0.3, 0.4) is 0 Å². The van der Waals surface area contributed by atoms with Gasteiger partial charge in [-0.2, -0.15) is 0 Å². The van der Waals surface area contributed by atoms with Gasteiger partial charge in [-0.1, -0.05) is 55.5 Å². The maximum atomic E-state index is 13.4. The molecule has 0 bridgehead atoms. The van der Waals surface area contributed by atoms with Crippen molar-refractivity contribution in [3.63, 3.8) is 0 Å². The molecule has 2 fully saturated rings. The molecule has 2 aliphatic rings. The van der Waals surface area contributed by atoms with Gasteiger partial charge in [0.15, 0.2) is 0 Å². The maximum absolute atomic E-state index is 13.4. The Morgan fingerprint density at radius 3 is 2.35 bits per heavy atom. The second kappa shape index (κ2) is 9.10. The van der Waals surface area contributed by atoms with E-state index in [4.69, 9.17) is 0 Å². The van der Waals surface area contributed by atoms with Gasteiger partial charge in [-0.25, -0.2) is 9.69 Å². The van der Waals surface area contributed by atoms with E-state index in [2.05, 4.69) is 34.5 Å². The highest BCUT2D eigenvalue weighted by atomic mass is 16.2. The number of hydrogen-bond acceptors (Lipinski definition) is 4. The molecule has 0 saturated carbocycles. The number of benzene rings is 2. The van der Waals surface area contributed by atoms with Crippen LogP contribution in [0.5, 0.6) is 0 Å². The first-order valence-corrected chi connectivity index (χ1v) is 11.3. The second-order valence-corrected chi connectivity index (χ2v) is 8.62. The topological polar surface area (TPSA) is 55.9 Å². The number of nitrogens with zero attached hydrogens (tertiary/aromatic N) is 3. The lowest BCUT2D eigenvalue weighted by Crippen LogP contribution is -2.44. The van der Waals surface area contributed by atoms with Crippen LogP contribution in [0, 0.1) is 0 Å². The molecule has 6 nitrogen and oxygen atoms in total. The number of carbonyl (C=O) groups excluding carboxylic acids is 2. The van der Waals surface area contributed by atoms with Gasteiger partial charge in [-0.15, -0.1) is 0 Å². The Hall–Kier alpha value is -2.86. The minimum Gasteiger partial charge on any atom is -0.371 e. The number of carbonyl (C=O) groups is 2. The van der Waals surface area contributed by atoms with Crippen molar-refractivity contribution >= 4 is 17.6 Å². The zero-order valence-electron chi connectivity index (χ0n) is 18.5. The van der Waals surface area contributed by atoms with E-state index in [9.17, 15) is 9.59 Å². The predicted octanol–water partition coefficient (Wildman–Crippen LogP) is 3.92. The molecule has 0 aliphatic carbocycles. The molecule has 1 atom stereocenters. The highest BCUT2D eigenvalue weighted by molar-refractivity contribution is 6.07. The molecule has 2 heterocycles. The van der Waals surface area contributed by atoms with Crippen LogP contribution in [0.4, 0.5) is 10.5 Å². The minimum absolute atomic E-state index is 0.178. The fourth-order valence-electron chi connectivity index (χ4n) is 4.79. The van der Waals surface area contributed by atoms with Crippen molar-refractivity contribution in [2.24, 2.45) is 0 Å². The third-order valence-electron chi connectivity index (χ3n) is 6.48. The van der Waals surface area contributed by atoms with E-state index in [-0.39, 0.29) is 18.6 Å². The van der Waals surface area contributed by atoms with Crippen molar-refractivity contribution < 1.29 is 9.59 Å².